The number of unbranched alkanes of at least 4 members (excludes halogenated alkanes) is 2. The fourth-order valence-electron chi connectivity index (χ4n) is 2.74. The SMILES string of the molecule is NCCCCCC(=O)NC1CCN(C(=O)C2CC2)CC1. The Hall–Kier alpha value is -1.10. The molecule has 1 aliphatic carbocycles. The summed E-state index contributed by atoms with van der Waals surface area (Å²) >= 11 is 0. The van der Waals surface area contributed by atoms with E-state index in [1.165, 1.54) is 0 Å². The van der Waals surface area contributed by atoms with Crippen LogP contribution in [0.1, 0.15) is 51.4 Å². The Labute approximate surface area is 121 Å². The minimum absolute atomic E-state index is 0.147. The van der Waals surface area contributed by atoms with Crippen molar-refractivity contribution < 1.29 is 9.59 Å². The normalized spacial score (nSPS) is 19.9. The van der Waals surface area contributed by atoms with Crippen molar-refractivity contribution in [1.29, 1.82) is 0 Å². The van der Waals surface area contributed by atoms with E-state index in [1.54, 1.807) is 0 Å². The number of hydrogen-bond donors (Lipinski definition) is 2. The quantitative estimate of drug-likeness (QED) is 0.684. The van der Waals surface area contributed by atoms with Crippen molar-refractivity contribution in [3.8, 4) is 0 Å². The molecule has 20 heavy (non-hydrogen) atoms. The van der Waals surface area contributed by atoms with E-state index in [0.29, 0.717) is 24.8 Å². The molecule has 1 saturated heterocycles. The number of nitrogens with zero attached hydrogens (tertiary/aromatic N) is 1. The Balaban J connectivity index is 1.58. The Morgan fingerprint density at radius 2 is 1.75 bits per heavy atom. The number of likely N-dealkylation sites (tertiary alicyclic amines) is 1. The molecule has 0 unspecified atom stereocenters. The topological polar surface area (TPSA) is 75.4 Å². The summed E-state index contributed by atoms with van der Waals surface area (Å²) in [5.41, 5.74) is 5.43. The van der Waals surface area contributed by atoms with Crippen molar-refractivity contribution in [2.24, 2.45) is 11.7 Å². The molecule has 0 aromatic carbocycles. The molecule has 1 saturated carbocycles. The first kappa shape index (κ1) is 15.3. The molecule has 0 atom stereocenters. The highest BCUT2D eigenvalue weighted by molar-refractivity contribution is 5.81. The van der Waals surface area contributed by atoms with Gasteiger partial charge in [0, 0.05) is 31.5 Å². The number of hydrogen-bond acceptors (Lipinski definition) is 3. The average molecular weight is 281 g/mol. The van der Waals surface area contributed by atoms with Gasteiger partial charge < -0.3 is 16.0 Å². The van der Waals surface area contributed by atoms with Crippen LogP contribution in [0.4, 0.5) is 0 Å². The van der Waals surface area contributed by atoms with Crippen LogP contribution in [0, 0.1) is 5.92 Å². The zero-order valence-corrected chi connectivity index (χ0v) is 12.3. The Morgan fingerprint density at radius 1 is 1.05 bits per heavy atom. The van der Waals surface area contributed by atoms with Gasteiger partial charge in [-0.1, -0.05) is 6.42 Å². The van der Waals surface area contributed by atoms with Gasteiger partial charge in [-0.3, -0.25) is 9.59 Å². The van der Waals surface area contributed by atoms with Crippen LogP contribution in [0.3, 0.4) is 0 Å². The monoisotopic (exact) mass is 281 g/mol. The zero-order chi connectivity index (χ0) is 14.4. The first-order valence-electron chi connectivity index (χ1n) is 7.99. The summed E-state index contributed by atoms with van der Waals surface area (Å²) in [5, 5.41) is 3.09. The van der Waals surface area contributed by atoms with Gasteiger partial charge in [0.05, 0.1) is 0 Å². The van der Waals surface area contributed by atoms with Crippen LogP contribution < -0.4 is 11.1 Å². The van der Waals surface area contributed by atoms with Gasteiger partial charge in [-0.2, -0.15) is 0 Å². The minimum Gasteiger partial charge on any atom is -0.353 e. The number of nitrogens with two attached hydrogens (primary N) is 1. The number of carbonyl (C=O) groups is 2. The van der Waals surface area contributed by atoms with E-state index >= 15 is 0 Å². The molecule has 2 aliphatic rings. The maximum absolute atomic E-state index is 11.9. The van der Waals surface area contributed by atoms with Crippen molar-refractivity contribution >= 4 is 11.8 Å². The van der Waals surface area contributed by atoms with Crippen LogP contribution in [-0.4, -0.2) is 42.4 Å². The predicted molar refractivity (Wildman–Crippen MR) is 78.0 cm³/mol. The van der Waals surface area contributed by atoms with Gasteiger partial charge in [-0.25, -0.2) is 0 Å². The molecule has 2 fully saturated rings. The summed E-state index contributed by atoms with van der Waals surface area (Å²) < 4.78 is 0. The van der Waals surface area contributed by atoms with E-state index in [2.05, 4.69) is 5.32 Å². The Morgan fingerprint density at radius 3 is 2.35 bits per heavy atom. The van der Waals surface area contributed by atoms with Crippen LogP contribution in [0.25, 0.3) is 0 Å². The maximum atomic E-state index is 11.9. The second-order valence-corrected chi connectivity index (χ2v) is 6.04. The first-order chi connectivity index (χ1) is 9.70. The second-order valence-electron chi connectivity index (χ2n) is 6.04. The highest BCUT2D eigenvalue weighted by atomic mass is 16.2. The molecule has 5 heteroatoms. The van der Waals surface area contributed by atoms with E-state index < -0.39 is 0 Å². The van der Waals surface area contributed by atoms with Gasteiger partial charge in [0.2, 0.25) is 11.8 Å². The third-order valence-electron chi connectivity index (χ3n) is 4.21. The van der Waals surface area contributed by atoms with Crippen molar-refractivity contribution in [1.82, 2.24) is 10.2 Å². The van der Waals surface area contributed by atoms with E-state index in [0.717, 1.165) is 58.0 Å². The van der Waals surface area contributed by atoms with Crippen molar-refractivity contribution in [2.75, 3.05) is 19.6 Å². The van der Waals surface area contributed by atoms with Gasteiger partial charge in [-0.05, 0) is 45.1 Å². The molecule has 0 radical (unpaired) electrons. The summed E-state index contributed by atoms with van der Waals surface area (Å²) in [6.45, 7) is 2.30. The molecule has 0 aromatic heterocycles. The number of carbonyl (C=O) groups excluding carboxylic acids is 2. The highest BCUT2D eigenvalue weighted by Crippen LogP contribution is 2.31. The van der Waals surface area contributed by atoms with Crippen LogP contribution >= 0.6 is 0 Å². The summed E-state index contributed by atoms with van der Waals surface area (Å²) in [6.07, 6.45) is 7.47. The summed E-state index contributed by atoms with van der Waals surface area (Å²) in [5.74, 6) is 0.786. The van der Waals surface area contributed by atoms with E-state index in [1.807, 2.05) is 4.90 Å². The van der Waals surface area contributed by atoms with Gasteiger partial charge >= 0.3 is 0 Å². The molecule has 1 aliphatic heterocycles. The van der Waals surface area contributed by atoms with Gasteiger partial charge in [0.25, 0.3) is 0 Å². The molecule has 5 nitrogen and oxygen atoms in total. The Bertz CT molecular complexity index is 334. The number of piperidine rings is 1. The fourth-order valence-corrected chi connectivity index (χ4v) is 2.74. The van der Waals surface area contributed by atoms with E-state index in [9.17, 15) is 9.59 Å². The first-order valence-corrected chi connectivity index (χ1v) is 7.99. The summed E-state index contributed by atoms with van der Waals surface area (Å²) in [4.78, 5) is 25.7. The van der Waals surface area contributed by atoms with Crippen LogP contribution in [0.15, 0.2) is 0 Å². The number of amides is 2. The third kappa shape index (κ3) is 4.78. The zero-order valence-electron chi connectivity index (χ0n) is 12.3. The standard InChI is InChI=1S/C15H27N3O2/c16-9-3-1-2-4-14(19)17-13-7-10-18(11-8-13)15(20)12-5-6-12/h12-13H,1-11,16H2,(H,17,19). The van der Waals surface area contributed by atoms with Crippen molar-refractivity contribution in [3.63, 3.8) is 0 Å². The molecule has 0 aromatic rings. The lowest BCUT2D eigenvalue weighted by atomic mass is 10.0. The molecule has 0 spiro atoms. The van der Waals surface area contributed by atoms with E-state index in [-0.39, 0.29) is 11.9 Å². The maximum Gasteiger partial charge on any atom is 0.225 e. The lowest BCUT2D eigenvalue weighted by Gasteiger charge is -2.32. The fraction of sp³-hybridized carbons (Fsp3) is 0.867. The summed E-state index contributed by atoms with van der Waals surface area (Å²) in [6, 6.07) is 0.250. The third-order valence-corrected chi connectivity index (χ3v) is 4.21. The van der Waals surface area contributed by atoms with Crippen LogP contribution in [-0.2, 0) is 9.59 Å². The molecule has 1 heterocycles. The molecule has 3 N–H and O–H groups in total. The molecule has 114 valence electrons. The molecule has 0 bridgehead atoms. The lowest BCUT2D eigenvalue weighted by molar-refractivity contribution is -0.133. The summed E-state index contributed by atoms with van der Waals surface area (Å²) in [7, 11) is 0. The van der Waals surface area contributed by atoms with Crippen LogP contribution in [0.2, 0.25) is 0 Å². The second kappa shape index (κ2) is 7.62. The van der Waals surface area contributed by atoms with Crippen LogP contribution in [0.5, 0.6) is 0 Å². The molecule has 2 amide bonds. The molecular formula is C15H27N3O2. The van der Waals surface area contributed by atoms with Crippen molar-refractivity contribution in [2.45, 2.75) is 57.4 Å². The van der Waals surface area contributed by atoms with Gasteiger partial charge in [0.15, 0.2) is 0 Å². The van der Waals surface area contributed by atoms with Gasteiger partial charge in [-0.15, -0.1) is 0 Å². The predicted octanol–water partition coefficient (Wildman–Crippen LogP) is 1.02. The van der Waals surface area contributed by atoms with Crippen molar-refractivity contribution in [3.05, 3.63) is 0 Å². The average Bonchev–Trinajstić information content (AvgIpc) is 3.28. The minimum atomic E-state index is 0.147. The highest BCUT2D eigenvalue weighted by Gasteiger charge is 2.34. The molecular weight excluding hydrogens is 254 g/mol. The largest absolute Gasteiger partial charge is 0.353 e. The van der Waals surface area contributed by atoms with Gasteiger partial charge in [0.1, 0.15) is 0 Å². The lowest BCUT2D eigenvalue weighted by Crippen LogP contribution is -2.46. The van der Waals surface area contributed by atoms with E-state index in [4.69, 9.17) is 5.73 Å². The Kier molecular flexibility index (Phi) is 5.83. The number of rotatable bonds is 7. The molecule has 2 rings (SSSR count). The smallest absolute Gasteiger partial charge is 0.225 e. The number of nitrogens with one attached hydrogen (secondary N) is 1.